The number of hydrogen-bond donors (Lipinski definition) is 1. The standard InChI is InChI=1S/C30H48O2/c1-18(2)24-20(31)17-27(5)15-16-29(7)19(25(24)27)9-10-22-28(6)13-12-23(32)26(3,4)21(28)11-14-30(22,29)8/h18-19,21-23,32H,9-17H2,1-8H3/t19-,21+,22-,23+,27+,28+,29-,30-/m1/s1. The second kappa shape index (κ2) is 6.73. The van der Waals surface area contributed by atoms with Gasteiger partial charge in [0.2, 0.25) is 0 Å². The van der Waals surface area contributed by atoms with Gasteiger partial charge in [0.25, 0.3) is 0 Å². The van der Waals surface area contributed by atoms with Crippen molar-refractivity contribution in [3.8, 4) is 0 Å². The number of rotatable bonds is 1. The summed E-state index contributed by atoms with van der Waals surface area (Å²) in [5.74, 6) is 2.72. The van der Waals surface area contributed by atoms with Gasteiger partial charge in [0.1, 0.15) is 0 Å². The molecule has 5 aliphatic carbocycles. The maximum absolute atomic E-state index is 13.2. The topological polar surface area (TPSA) is 37.3 Å². The highest BCUT2D eigenvalue weighted by Gasteiger charge is 2.69. The number of allylic oxidation sites excluding steroid dienone is 2. The van der Waals surface area contributed by atoms with Gasteiger partial charge in [-0.25, -0.2) is 0 Å². The average Bonchev–Trinajstić information content (AvgIpc) is 2.96. The van der Waals surface area contributed by atoms with Gasteiger partial charge in [0.15, 0.2) is 5.78 Å². The molecule has 0 heterocycles. The number of carbonyl (C=O) groups excluding carboxylic acids is 1. The van der Waals surface area contributed by atoms with E-state index in [2.05, 4.69) is 55.4 Å². The lowest BCUT2D eigenvalue weighted by Gasteiger charge is -2.72. The van der Waals surface area contributed by atoms with E-state index in [0.717, 1.165) is 18.8 Å². The summed E-state index contributed by atoms with van der Waals surface area (Å²) in [6.07, 6.45) is 10.3. The second-order valence-corrected chi connectivity index (χ2v) is 14.6. The first-order valence-corrected chi connectivity index (χ1v) is 13.7. The third kappa shape index (κ3) is 2.60. The zero-order valence-electron chi connectivity index (χ0n) is 22.1. The number of aliphatic hydroxyl groups excluding tert-OH is 1. The first-order chi connectivity index (χ1) is 14.7. The summed E-state index contributed by atoms with van der Waals surface area (Å²) >= 11 is 0. The van der Waals surface area contributed by atoms with Crippen LogP contribution >= 0.6 is 0 Å². The van der Waals surface area contributed by atoms with Crippen LogP contribution < -0.4 is 0 Å². The van der Waals surface area contributed by atoms with Crippen LogP contribution in [0.4, 0.5) is 0 Å². The van der Waals surface area contributed by atoms with E-state index in [0.29, 0.717) is 34.4 Å². The van der Waals surface area contributed by atoms with Gasteiger partial charge in [-0.1, -0.05) is 61.0 Å². The number of carbonyl (C=O) groups is 1. The van der Waals surface area contributed by atoms with Crippen molar-refractivity contribution in [2.75, 3.05) is 0 Å². The van der Waals surface area contributed by atoms with Crippen LogP contribution in [-0.2, 0) is 4.79 Å². The molecule has 1 N–H and O–H groups in total. The first kappa shape index (κ1) is 23.1. The predicted molar refractivity (Wildman–Crippen MR) is 131 cm³/mol. The van der Waals surface area contributed by atoms with Gasteiger partial charge >= 0.3 is 0 Å². The van der Waals surface area contributed by atoms with E-state index in [1.165, 1.54) is 50.5 Å². The molecular weight excluding hydrogens is 392 g/mol. The number of ketones is 1. The summed E-state index contributed by atoms with van der Waals surface area (Å²) in [6.45, 7) is 19.5. The summed E-state index contributed by atoms with van der Waals surface area (Å²) in [6, 6.07) is 0. The zero-order valence-corrected chi connectivity index (χ0v) is 22.1. The van der Waals surface area contributed by atoms with Crippen LogP contribution in [0.3, 0.4) is 0 Å². The Morgan fingerprint density at radius 3 is 2.16 bits per heavy atom. The molecule has 0 aliphatic heterocycles. The van der Waals surface area contributed by atoms with Gasteiger partial charge in [0.05, 0.1) is 6.10 Å². The highest BCUT2D eigenvalue weighted by molar-refractivity contribution is 6.00. The van der Waals surface area contributed by atoms with Gasteiger partial charge in [-0.05, 0) is 108 Å². The lowest BCUT2D eigenvalue weighted by Crippen LogP contribution is -2.65. The van der Waals surface area contributed by atoms with E-state index in [4.69, 9.17) is 0 Å². The second-order valence-electron chi connectivity index (χ2n) is 14.6. The molecule has 5 rings (SSSR count). The summed E-state index contributed by atoms with van der Waals surface area (Å²) < 4.78 is 0. The van der Waals surface area contributed by atoms with Gasteiger partial charge in [-0.3, -0.25) is 4.79 Å². The molecular formula is C30H48O2. The molecule has 0 aromatic carbocycles. The van der Waals surface area contributed by atoms with Crippen molar-refractivity contribution in [2.45, 2.75) is 119 Å². The molecule has 32 heavy (non-hydrogen) atoms. The van der Waals surface area contributed by atoms with Gasteiger partial charge in [-0.15, -0.1) is 0 Å². The Bertz CT molecular complexity index is 866. The van der Waals surface area contributed by atoms with E-state index >= 15 is 0 Å². The summed E-state index contributed by atoms with van der Waals surface area (Å²) in [4.78, 5) is 13.2. The fraction of sp³-hybridized carbons (Fsp3) is 0.900. The Morgan fingerprint density at radius 1 is 0.812 bits per heavy atom. The summed E-state index contributed by atoms with van der Waals surface area (Å²) in [7, 11) is 0. The minimum atomic E-state index is -0.157. The largest absolute Gasteiger partial charge is 0.393 e. The highest BCUT2D eigenvalue weighted by Crippen LogP contribution is 2.76. The minimum absolute atomic E-state index is 0.0163. The van der Waals surface area contributed by atoms with Crippen molar-refractivity contribution in [2.24, 2.45) is 50.7 Å². The lowest BCUT2D eigenvalue weighted by atomic mass is 9.33. The van der Waals surface area contributed by atoms with E-state index < -0.39 is 0 Å². The quantitative estimate of drug-likeness (QED) is 0.463. The Labute approximate surface area is 197 Å². The molecule has 0 aromatic rings. The zero-order chi connectivity index (χ0) is 23.5. The maximum atomic E-state index is 13.2. The molecule has 0 radical (unpaired) electrons. The Hall–Kier alpha value is -0.630. The van der Waals surface area contributed by atoms with E-state index in [1.54, 1.807) is 5.57 Å². The van der Waals surface area contributed by atoms with Crippen LogP contribution in [0.15, 0.2) is 11.1 Å². The van der Waals surface area contributed by atoms with Crippen molar-refractivity contribution in [3.05, 3.63) is 11.1 Å². The molecule has 5 aliphatic rings. The fourth-order valence-corrected chi connectivity index (χ4v) is 10.9. The van der Waals surface area contributed by atoms with E-state index in [1.807, 2.05) is 0 Å². The van der Waals surface area contributed by atoms with E-state index in [-0.39, 0.29) is 22.3 Å². The van der Waals surface area contributed by atoms with Crippen molar-refractivity contribution in [1.82, 2.24) is 0 Å². The predicted octanol–water partition coefficient (Wildman–Crippen LogP) is 7.35. The molecule has 0 saturated heterocycles. The molecule has 4 fully saturated rings. The SMILES string of the molecule is CC(C)C1=C2[C@H]3CC[C@@H]4[C@@]5(C)CC[C@H](O)C(C)(C)[C@@H]5CC[C@@]4(C)[C@]3(C)CC[C@@]2(C)CC1=O. The normalized spacial score (nSPS) is 52.4. The minimum Gasteiger partial charge on any atom is -0.393 e. The monoisotopic (exact) mass is 440 g/mol. The van der Waals surface area contributed by atoms with Crippen LogP contribution in [0, 0.1) is 50.7 Å². The van der Waals surface area contributed by atoms with Crippen LogP contribution in [-0.4, -0.2) is 17.0 Å². The maximum Gasteiger partial charge on any atom is 0.159 e. The molecule has 0 unspecified atom stereocenters. The highest BCUT2D eigenvalue weighted by atomic mass is 16.3. The van der Waals surface area contributed by atoms with Crippen molar-refractivity contribution < 1.29 is 9.90 Å². The summed E-state index contributed by atoms with van der Waals surface area (Å²) in [5.41, 5.74) is 3.87. The molecule has 0 bridgehead atoms. The number of fused-ring (bicyclic) bond motifs is 7. The fourth-order valence-electron chi connectivity index (χ4n) is 10.9. The Morgan fingerprint density at radius 2 is 1.50 bits per heavy atom. The van der Waals surface area contributed by atoms with Crippen LogP contribution in [0.1, 0.15) is 113 Å². The molecule has 2 heteroatoms. The van der Waals surface area contributed by atoms with E-state index in [9.17, 15) is 9.90 Å². The Balaban J connectivity index is 1.60. The molecule has 2 nitrogen and oxygen atoms in total. The number of Topliss-reactive ketones (excluding diaryl/α,β-unsaturated/α-hetero) is 1. The smallest absolute Gasteiger partial charge is 0.159 e. The van der Waals surface area contributed by atoms with Gasteiger partial charge < -0.3 is 5.11 Å². The lowest BCUT2D eigenvalue weighted by molar-refractivity contribution is -0.228. The molecule has 180 valence electrons. The van der Waals surface area contributed by atoms with Gasteiger partial charge in [0, 0.05) is 6.42 Å². The number of hydrogen-bond acceptors (Lipinski definition) is 2. The molecule has 8 atom stereocenters. The average molecular weight is 441 g/mol. The third-order valence-corrected chi connectivity index (χ3v) is 12.8. The van der Waals surface area contributed by atoms with Crippen LogP contribution in [0.2, 0.25) is 0 Å². The van der Waals surface area contributed by atoms with Gasteiger partial charge in [-0.2, -0.15) is 0 Å². The van der Waals surface area contributed by atoms with Crippen LogP contribution in [0.25, 0.3) is 0 Å². The van der Waals surface area contributed by atoms with Crippen molar-refractivity contribution >= 4 is 5.78 Å². The number of aliphatic hydroxyl groups is 1. The Kier molecular flexibility index (Phi) is 4.87. The molecule has 0 spiro atoms. The van der Waals surface area contributed by atoms with Crippen molar-refractivity contribution in [3.63, 3.8) is 0 Å². The van der Waals surface area contributed by atoms with Crippen LogP contribution in [0.5, 0.6) is 0 Å². The molecule has 0 amide bonds. The third-order valence-electron chi connectivity index (χ3n) is 12.8. The molecule has 0 aromatic heterocycles. The van der Waals surface area contributed by atoms with Crippen molar-refractivity contribution in [1.29, 1.82) is 0 Å². The first-order valence-electron chi connectivity index (χ1n) is 13.7. The summed E-state index contributed by atoms with van der Waals surface area (Å²) in [5, 5.41) is 10.9. The molecule has 4 saturated carbocycles.